The molecule has 0 bridgehead atoms. The lowest BCUT2D eigenvalue weighted by Gasteiger charge is -2.16. The van der Waals surface area contributed by atoms with E-state index in [0.717, 1.165) is 21.5 Å². The van der Waals surface area contributed by atoms with Crippen molar-refractivity contribution in [2.45, 2.75) is 19.5 Å². The van der Waals surface area contributed by atoms with E-state index in [1.807, 2.05) is 43.3 Å². The zero-order chi connectivity index (χ0) is 17.1. The molecule has 0 aliphatic carbocycles. The van der Waals surface area contributed by atoms with Crippen LogP contribution in [-0.2, 0) is 6.54 Å². The minimum Gasteiger partial charge on any atom is -0.497 e. The van der Waals surface area contributed by atoms with Gasteiger partial charge in [0.05, 0.1) is 7.11 Å². The van der Waals surface area contributed by atoms with Gasteiger partial charge < -0.3 is 14.5 Å². The first kappa shape index (κ1) is 16.6. The molecule has 0 aliphatic heterocycles. The minimum atomic E-state index is -0.377. The molecule has 24 heavy (non-hydrogen) atoms. The van der Waals surface area contributed by atoms with Crippen molar-refractivity contribution < 1.29 is 9.15 Å². The molecule has 0 unspecified atom stereocenters. The lowest BCUT2D eigenvalue weighted by atomic mass is 10.1. The van der Waals surface area contributed by atoms with E-state index in [2.05, 4.69) is 5.32 Å². The number of nitrogens with one attached hydrogen (secondary N) is 1. The van der Waals surface area contributed by atoms with Gasteiger partial charge in [0.15, 0.2) is 0 Å². The Morgan fingerprint density at radius 1 is 1.21 bits per heavy atom. The molecule has 1 atom stereocenters. The van der Waals surface area contributed by atoms with Gasteiger partial charge in [-0.2, -0.15) is 0 Å². The summed E-state index contributed by atoms with van der Waals surface area (Å²) in [4.78, 5) is 11.8. The summed E-state index contributed by atoms with van der Waals surface area (Å²) in [7, 11) is 1.58. The molecular weight excluding hydrogens is 326 g/mol. The average Bonchev–Trinajstić information content (AvgIpc) is 2.59. The highest BCUT2D eigenvalue weighted by Gasteiger charge is 2.11. The normalized spacial score (nSPS) is 12.3. The SMILES string of the molecule is COc1ccc2c(CN[C@H](C)c3ccccc3Cl)cc(=O)oc2c1. The van der Waals surface area contributed by atoms with Crippen LogP contribution in [0.2, 0.25) is 5.02 Å². The first-order chi connectivity index (χ1) is 11.6. The fraction of sp³-hybridized carbons (Fsp3) is 0.211. The van der Waals surface area contributed by atoms with Crippen LogP contribution in [0.15, 0.2) is 57.7 Å². The van der Waals surface area contributed by atoms with E-state index in [4.69, 9.17) is 20.8 Å². The van der Waals surface area contributed by atoms with Crippen LogP contribution in [0, 0.1) is 0 Å². The van der Waals surface area contributed by atoms with Gasteiger partial charge in [0, 0.05) is 35.1 Å². The molecule has 1 heterocycles. The van der Waals surface area contributed by atoms with Crippen LogP contribution in [0.4, 0.5) is 0 Å². The van der Waals surface area contributed by atoms with E-state index in [0.29, 0.717) is 17.9 Å². The van der Waals surface area contributed by atoms with E-state index in [-0.39, 0.29) is 11.7 Å². The van der Waals surface area contributed by atoms with Crippen molar-refractivity contribution in [3.05, 3.63) is 75.1 Å². The minimum absolute atomic E-state index is 0.0549. The van der Waals surface area contributed by atoms with Crippen molar-refractivity contribution in [3.8, 4) is 5.75 Å². The fourth-order valence-corrected chi connectivity index (χ4v) is 2.98. The monoisotopic (exact) mass is 343 g/mol. The molecule has 2 aromatic carbocycles. The Hall–Kier alpha value is -2.30. The number of benzene rings is 2. The molecule has 3 aromatic rings. The summed E-state index contributed by atoms with van der Waals surface area (Å²) in [6, 6.07) is 14.8. The number of halogens is 1. The van der Waals surface area contributed by atoms with Gasteiger partial charge in [-0.05, 0) is 36.2 Å². The molecule has 0 saturated heterocycles. The van der Waals surface area contributed by atoms with Gasteiger partial charge in [0.2, 0.25) is 0 Å². The lowest BCUT2D eigenvalue weighted by Crippen LogP contribution is -2.19. The highest BCUT2D eigenvalue weighted by atomic mass is 35.5. The molecule has 3 rings (SSSR count). The quantitative estimate of drug-likeness (QED) is 0.701. The summed E-state index contributed by atoms with van der Waals surface area (Å²) in [6.45, 7) is 2.57. The summed E-state index contributed by atoms with van der Waals surface area (Å²) in [5.41, 5.74) is 2.04. The summed E-state index contributed by atoms with van der Waals surface area (Å²) >= 11 is 6.24. The molecule has 0 aliphatic rings. The number of hydrogen-bond donors (Lipinski definition) is 1. The maximum absolute atomic E-state index is 11.8. The van der Waals surface area contributed by atoms with Gasteiger partial charge in [0.1, 0.15) is 11.3 Å². The zero-order valence-electron chi connectivity index (χ0n) is 13.5. The smallest absolute Gasteiger partial charge is 0.336 e. The second-order valence-corrected chi connectivity index (χ2v) is 5.98. The van der Waals surface area contributed by atoms with Crippen molar-refractivity contribution in [1.29, 1.82) is 0 Å². The van der Waals surface area contributed by atoms with Crippen molar-refractivity contribution in [2.75, 3.05) is 7.11 Å². The van der Waals surface area contributed by atoms with Gasteiger partial charge in [0.25, 0.3) is 0 Å². The highest BCUT2D eigenvalue weighted by Crippen LogP contribution is 2.25. The second kappa shape index (κ2) is 7.07. The third-order valence-electron chi connectivity index (χ3n) is 4.01. The summed E-state index contributed by atoms with van der Waals surface area (Å²) in [5, 5.41) is 5.01. The Balaban J connectivity index is 1.87. The Labute approximate surface area is 145 Å². The van der Waals surface area contributed by atoms with Crippen molar-refractivity contribution in [1.82, 2.24) is 5.32 Å². The van der Waals surface area contributed by atoms with Crippen LogP contribution in [0.5, 0.6) is 5.75 Å². The Morgan fingerprint density at radius 3 is 2.75 bits per heavy atom. The van der Waals surface area contributed by atoms with Crippen LogP contribution < -0.4 is 15.7 Å². The number of ether oxygens (including phenoxy) is 1. The van der Waals surface area contributed by atoms with Crippen LogP contribution in [0.3, 0.4) is 0 Å². The summed E-state index contributed by atoms with van der Waals surface area (Å²) in [6.07, 6.45) is 0. The zero-order valence-corrected chi connectivity index (χ0v) is 14.3. The average molecular weight is 344 g/mol. The third kappa shape index (κ3) is 3.45. The maximum atomic E-state index is 11.8. The largest absolute Gasteiger partial charge is 0.497 e. The van der Waals surface area contributed by atoms with E-state index in [9.17, 15) is 4.79 Å². The molecule has 0 radical (unpaired) electrons. The molecule has 1 N–H and O–H groups in total. The van der Waals surface area contributed by atoms with E-state index in [1.54, 1.807) is 13.2 Å². The van der Waals surface area contributed by atoms with Gasteiger partial charge in [-0.3, -0.25) is 0 Å². The standard InChI is InChI=1S/C19H18ClNO3/c1-12(15-5-3-4-6-17(15)20)21-11-13-9-19(22)24-18-10-14(23-2)7-8-16(13)18/h3-10,12,21H,11H2,1-2H3/t12-/m1/s1. The summed E-state index contributed by atoms with van der Waals surface area (Å²) < 4.78 is 10.4. The fourth-order valence-electron chi connectivity index (χ4n) is 2.68. The Kier molecular flexibility index (Phi) is 4.88. The third-order valence-corrected chi connectivity index (χ3v) is 4.35. The Bertz CT molecular complexity index is 920. The van der Waals surface area contributed by atoms with E-state index >= 15 is 0 Å². The highest BCUT2D eigenvalue weighted by molar-refractivity contribution is 6.31. The van der Waals surface area contributed by atoms with Crippen molar-refractivity contribution >= 4 is 22.6 Å². The molecule has 4 nitrogen and oxygen atoms in total. The number of hydrogen-bond acceptors (Lipinski definition) is 4. The molecule has 5 heteroatoms. The molecular formula is C19H18ClNO3. The lowest BCUT2D eigenvalue weighted by molar-refractivity contribution is 0.414. The van der Waals surface area contributed by atoms with Crippen molar-refractivity contribution in [2.24, 2.45) is 0 Å². The number of rotatable bonds is 5. The second-order valence-electron chi connectivity index (χ2n) is 5.58. The van der Waals surface area contributed by atoms with Gasteiger partial charge >= 0.3 is 5.63 Å². The predicted molar refractivity (Wildman–Crippen MR) is 95.7 cm³/mol. The van der Waals surface area contributed by atoms with E-state index < -0.39 is 0 Å². The summed E-state index contributed by atoms with van der Waals surface area (Å²) in [5.74, 6) is 0.653. The molecule has 1 aromatic heterocycles. The molecule has 0 saturated carbocycles. The van der Waals surface area contributed by atoms with Gasteiger partial charge in [-0.1, -0.05) is 29.8 Å². The van der Waals surface area contributed by atoms with E-state index in [1.165, 1.54) is 6.07 Å². The molecule has 124 valence electrons. The number of methoxy groups -OCH3 is 1. The van der Waals surface area contributed by atoms with Crippen LogP contribution in [0.25, 0.3) is 11.0 Å². The molecule has 0 amide bonds. The van der Waals surface area contributed by atoms with Gasteiger partial charge in [-0.25, -0.2) is 4.79 Å². The van der Waals surface area contributed by atoms with Crippen LogP contribution in [0.1, 0.15) is 24.1 Å². The van der Waals surface area contributed by atoms with Crippen molar-refractivity contribution in [3.63, 3.8) is 0 Å². The van der Waals surface area contributed by atoms with Crippen LogP contribution >= 0.6 is 11.6 Å². The predicted octanol–water partition coefficient (Wildman–Crippen LogP) is 4.31. The first-order valence-electron chi connectivity index (χ1n) is 7.67. The van der Waals surface area contributed by atoms with Gasteiger partial charge in [-0.15, -0.1) is 0 Å². The Morgan fingerprint density at radius 2 is 2.00 bits per heavy atom. The maximum Gasteiger partial charge on any atom is 0.336 e. The topological polar surface area (TPSA) is 51.5 Å². The molecule has 0 fully saturated rings. The van der Waals surface area contributed by atoms with Crippen LogP contribution in [-0.4, -0.2) is 7.11 Å². The number of fused-ring (bicyclic) bond motifs is 1. The first-order valence-corrected chi connectivity index (χ1v) is 8.05. The molecule has 0 spiro atoms.